The lowest BCUT2D eigenvalue weighted by molar-refractivity contribution is -0.148. The molecule has 5 rings (SSSR count). The molecule has 2 aliphatic rings. The number of aryl methyl sites for hydroxylation is 2. The Hall–Kier alpha value is -3.60. The summed E-state index contributed by atoms with van der Waals surface area (Å²) >= 11 is 0. The number of rotatable bonds is 7. The number of ether oxygens (including phenoxy) is 2. The fraction of sp³-hybridized carbons (Fsp3) is 0.571. The van der Waals surface area contributed by atoms with Crippen molar-refractivity contribution in [1.29, 1.82) is 0 Å². The van der Waals surface area contributed by atoms with Gasteiger partial charge in [0.1, 0.15) is 0 Å². The normalized spacial score (nSPS) is 25.8. The Morgan fingerprint density at radius 1 is 0.923 bits per heavy atom. The third-order valence-electron chi connectivity index (χ3n) is 8.20. The van der Waals surface area contributed by atoms with Crippen molar-refractivity contribution >= 4 is 11.9 Å². The first-order valence-electron chi connectivity index (χ1n) is 13.5. The molecule has 1 saturated heterocycles. The van der Waals surface area contributed by atoms with Crippen LogP contribution in [-0.2, 0) is 20.8 Å². The Kier molecular flexibility index (Phi) is 8.06. The third kappa shape index (κ3) is 5.88. The zero-order chi connectivity index (χ0) is 27.5. The summed E-state index contributed by atoms with van der Waals surface area (Å²) < 4.78 is 21.3. The minimum Gasteiger partial charge on any atom is -0.469 e. The largest absolute Gasteiger partial charge is 0.469 e. The Labute approximate surface area is 227 Å². The van der Waals surface area contributed by atoms with Crippen molar-refractivity contribution in [2.45, 2.75) is 70.4 Å². The van der Waals surface area contributed by atoms with Gasteiger partial charge in [-0.15, -0.1) is 0 Å². The first-order valence-corrected chi connectivity index (χ1v) is 13.5. The van der Waals surface area contributed by atoms with Crippen LogP contribution in [0.1, 0.15) is 83.3 Å². The van der Waals surface area contributed by atoms with E-state index >= 15 is 0 Å². The summed E-state index contributed by atoms with van der Waals surface area (Å²) in [5.74, 6) is 1.98. The van der Waals surface area contributed by atoms with Crippen LogP contribution in [0.2, 0.25) is 0 Å². The van der Waals surface area contributed by atoms with Crippen LogP contribution in [-0.4, -0.2) is 63.9 Å². The van der Waals surface area contributed by atoms with E-state index in [2.05, 4.69) is 25.2 Å². The number of benzene rings is 1. The van der Waals surface area contributed by atoms with Crippen molar-refractivity contribution in [1.82, 2.24) is 25.2 Å². The van der Waals surface area contributed by atoms with Crippen molar-refractivity contribution in [2.75, 3.05) is 20.8 Å². The lowest BCUT2D eigenvalue weighted by atomic mass is 9.67. The maximum absolute atomic E-state index is 12.7. The molecule has 1 aromatic carbocycles. The summed E-state index contributed by atoms with van der Waals surface area (Å²) in [6.07, 6.45) is 3.80. The smallest absolute Gasteiger partial charge is 0.337 e. The SMILES string of the molecule is COC(=O)c1ccc(CN2CCC(c3nc(C)no3)CC2C2CC(C(=O)OC)CCC2c2nc(C)no2)cc1. The number of methoxy groups -OCH3 is 2. The molecule has 1 saturated carbocycles. The van der Waals surface area contributed by atoms with Gasteiger partial charge in [0.05, 0.1) is 25.7 Å². The Morgan fingerprint density at radius 3 is 2.23 bits per heavy atom. The summed E-state index contributed by atoms with van der Waals surface area (Å²) in [7, 11) is 2.83. The van der Waals surface area contributed by atoms with E-state index in [4.69, 9.17) is 18.5 Å². The zero-order valence-corrected chi connectivity index (χ0v) is 22.8. The predicted molar refractivity (Wildman–Crippen MR) is 138 cm³/mol. The van der Waals surface area contributed by atoms with Gasteiger partial charge in [-0.1, -0.05) is 22.4 Å². The molecule has 2 aromatic heterocycles. The molecule has 0 N–H and O–H groups in total. The topological polar surface area (TPSA) is 134 Å². The number of carbonyl (C=O) groups excluding carboxylic acids is 2. The molecule has 5 atom stereocenters. The van der Waals surface area contributed by atoms with Gasteiger partial charge < -0.3 is 18.5 Å². The van der Waals surface area contributed by atoms with Gasteiger partial charge in [-0.05, 0) is 76.1 Å². The number of carbonyl (C=O) groups is 2. The van der Waals surface area contributed by atoms with Gasteiger partial charge >= 0.3 is 11.9 Å². The fourth-order valence-corrected chi connectivity index (χ4v) is 6.27. The van der Waals surface area contributed by atoms with Crippen LogP contribution in [0, 0.1) is 25.7 Å². The van der Waals surface area contributed by atoms with Crippen LogP contribution in [0.3, 0.4) is 0 Å². The molecule has 0 bridgehead atoms. The van der Waals surface area contributed by atoms with Crippen LogP contribution >= 0.6 is 0 Å². The second kappa shape index (κ2) is 11.6. The number of likely N-dealkylation sites (tertiary alicyclic amines) is 1. The summed E-state index contributed by atoms with van der Waals surface area (Å²) in [5.41, 5.74) is 1.61. The lowest BCUT2D eigenvalue weighted by Gasteiger charge is -2.47. The minimum absolute atomic E-state index is 0.0180. The fourth-order valence-electron chi connectivity index (χ4n) is 6.27. The molecule has 5 unspecified atom stereocenters. The third-order valence-corrected chi connectivity index (χ3v) is 8.20. The van der Waals surface area contributed by atoms with E-state index in [1.54, 1.807) is 12.1 Å². The van der Waals surface area contributed by atoms with Crippen molar-refractivity contribution < 1.29 is 28.1 Å². The quantitative estimate of drug-likeness (QED) is 0.405. The average Bonchev–Trinajstić information content (AvgIpc) is 3.60. The monoisotopic (exact) mass is 537 g/mol. The van der Waals surface area contributed by atoms with Crippen LogP contribution in [0.15, 0.2) is 33.3 Å². The standard InChI is InChI=1S/C28H35N5O6/c1-16-29-25(38-31-16)20-11-12-33(15-18-5-7-19(8-6-18)27(34)36-3)24(14-20)23-13-21(28(35)37-4)9-10-22(23)26-30-17(2)32-39-26/h5-8,20-24H,9-15H2,1-4H3. The van der Waals surface area contributed by atoms with E-state index in [9.17, 15) is 9.59 Å². The second-order valence-electron chi connectivity index (χ2n) is 10.6. The molecule has 0 amide bonds. The molecule has 2 fully saturated rings. The van der Waals surface area contributed by atoms with Gasteiger partial charge in [0, 0.05) is 24.4 Å². The molecule has 11 heteroatoms. The molecule has 39 heavy (non-hydrogen) atoms. The molecule has 3 heterocycles. The summed E-state index contributed by atoms with van der Waals surface area (Å²) in [4.78, 5) is 36.2. The molecule has 11 nitrogen and oxygen atoms in total. The molecule has 0 spiro atoms. The first-order chi connectivity index (χ1) is 18.9. The highest BCUT2D eigenvalue weighted by atomic mass is 16.5. The highest BCUT2D eigenvalue weighted by molar-refractivity contribution is 5.89. The predicted octanol–water partition coefficient (Wildman–Crippen LogP) is 3.98. The van der Waals surface area contributed by atoms with Crippen molar-refractivity contribution in [2.24, 2.45) is 11.8 Å². The van der Waals surface area contributed by atoms with E-state index in [-0.39, 0.29) is 41.7 Å². The molecule has 3 aromatic rings. The molecule has 0 radical (unpaired) electrons. The van der Waals surface area contributed by atoms with Gasteiger partial charge in [-0.25, -0.2) is 4.79 Å². The van der Waals surface area contributed by atoms with E-state index in [1.165, 1.54) is 14.2 Å². The molecule has 1 aliphatic heterocycles. The Balaban J connectivity index is 1.46. The van der Waals surface area contributed by atoms with E-state index in [0.717, 1.165) is 31.4 Å². The van der Waals surface area contributed by atoms with Crippen LogP contribution in [0.4, 0.5) is 0 Å². The first kappa shape index (κ1) is 27.0. The summed E-state index contributed by atoms with van der Waals surface area (Å²) in [5, 5.41) is 8.09. The minimum atomic E-state index is -0.358. The van der Waals surface area contributed by atoms with Crippen molar-refractivity contribution in [3.05, 3.63) is 58.8 Å². The van der Waals surface area contributed by atoms with Crippen molar-refractivity contribution in [3.63, 3.8) is 0 Å². The van der Waals surface area contributed by atoms with Gasteiger partial charge in [0.25, 0.3) is 0 Å². The summed E-state index contributed by atoms with van der Waals surface area (Å²) in [6, 6.07) is 7.60. The number of esters is 2. The summed E-state index contributed by atoms with van der Waals surface area (Å²) in [6.45, 7) is 5.15. The van der Waals surface area contributed by atoms with Gasteiger partial charge in [-0.3, -0.25) is 9.69 Å². The lowest BCUT2D eigenvalue weighted by Crippen LogP contribution is -2.49. The van der Waals surface area contributed by atoms with E-state index in [0.29, 0.717) is 48.4 Å². The maximum Gasteiger partial charge on any atom is 0.337 e. The number of aromatic nitrogens is 4. The Morgan fingerprint density at radius 2 is 1.62 bits per heavy atom. The van der Waals surface area contributed by atoms with Crippen LogP contribution in [0.25, 0.3) is 0 Å². The molecular formula is C28H35N5O6. The number of hydrogen-bond donors (Lipinski definition) is 0. The van der Waals surface area contributed by atoms with E-state index < -0.39 is 0 Å². The molecule has 208 valence electrons. The number of nitrogens with zero attached hydrogens (tertiary/aromatic N) is 5. The Bertz CT molecular complexity index is 1290. The second-order valence-corrected chi connectivity index (χ2v) is 10.6. The van der Waals surface area contributed by atoms with Gasteiger partial charge in [-0.2, -0.15) is 9.97 Å². The van der Waals surface area contributed by atoms with Gasteiger partial charge in [0.15, 0.2) is 11.6 Å². The van der Waals surface area contributed by atoms with Crippen LogP contribution < -0.4 is 0 Å². The van der Waals surface area contributed by atoms with Gasteiger partial charge in [0.2, 0.25) is 11.8 Å². The van der Waals surface area contributed by atoms with Crippen LogP contribution in [0.5, 0.6) is 0 Å². The molecule has 1 aliphatic carbocycles. The highest BCUT2D eigenvalue weighted by Gasteiger charge is 2.46. The van der Waals surface area contributed by atoms with E-state index in [1.807, 2.05) is 26.0 Å². The highest BCUT2D eigenvalue weighted by Crippen LogP contribution is 2.47. The van der Waals surface area contributed by atoms with Crippen molar-refractivity contribution in [3.8, 4) is 0 Å². The maximum atomic E-state index is 12.7. The zero-order valence-electron chi connectivity index (χ0n) is 22.8. The number of hydrogen-bond acceptors (Lipinski definition) is 11. The number of piperidine rings is 1. The molecular weight excluding hydrogens is 502 g/mol. The average molecular weight is 538 g/mol.